The van der Waals surface area contributed by atoms with Crippen molar-refractivity contribution in [3.63, 3.8) is 0 Å². The zero-order valence-corrected chi connectivity index (χ0v) is 11.9. The molecule has 0 bridgehead atoms. The van der Waals surface area contributed by atoms with Gasteiger partial charge < -0.3 is 10.5 Å². The van der Waals surface area contributed by atoms with E-state index >= 15 is 0 Å². The molecule has 19 heavy (non-hydrogen) atoms. The highest BCUT2D eigenvalue weighted by Crippen LogP contribution is 2.17. The SMILES string of the molecule is CN(Cc1cc(F)ccc1C(N)=S)CC1CCCO1. The van der Waals surface area contributed by atoms with Crippen molar-refractivity contribution in [3.05, 3.63) is 35.1 Å². The van der Waals surface area contributed by atoms with Gasteiger partial charge in [-0.2, -0.15) is 0 Å². The van der Waals surface area contributed by atoms with Crippen molar-refractivity contribution >= 4 is 17.2 Å². The van der Waals surface area contributed by atoms with E-state index in [4.69, 9.17) is 22.7 Å². The quantitative estimate of drug-likeness (QED) is 0.839. The van der Waals surface area contributed by atoms with Crippen LogP contribution in [0.4, 0.5) is 4.39 Å². The van der Waals surface area contributed by atoms with Gasteiger partial charge in [-0.1, -0.05) is 12.2 Å². The number of ether oxygens (including phenoxy) is 1. The molecule has 0 spiro atoms. The normalized spacial score (nSPS) is 19.0. The highest BCUT2D eigenvalue weighted by molar-refractivity contribution is 7.80. The molecule has 104 valence electrons. The molecule has 0 aliphatic carbocycles. The summed E-state index contributed by atoms with van der Waals surface area (Å²) in [5, 5.41) is 0. The van der Waals surface area contributed by atoms with Gasteiger partial charge in [0.2, 0.25) is 0 Å². The minimum Gasteiger partial charge on any atom is -0.389 e. The van der Waals surface area contributed by atoms with Crippen molar-refractivity contribution in [1.29, 1.82) is 0 Å². The largest absolute Gasteiger partial charge is 0.389 e. The third-order valence-electron chi connectivity index (χ3n) is 3.31. The van der Waals surface area contributed by atoms with Gasteiger partial charge in [-0.15, -0.1) is 0 Å². The van der Waals surface area contributed by atoms with E-state index in [-0.39, 0.29) is 11.9 Å². The zero-order valence-electron chi connectivity index (χ0n) is 11.1. The smallest absolute Gasteiger partial charge is 0.123 e. The second-order valence-corrected chi connectivity index (χ2v) is 5.44. The monoisotopic (exact) mass is 282 g/mol. The molecular formula is C14H19FN2OS. The molecule has 1 saturated heterocycles. The number of rotatable bonds is 5. The number of benzene rings is 1. The van der Waals surface area contributed by atoms with E-state index in [0.29, 0.717) is 11.5 Å². The number of halogens is 1. The van der Waals surface area contributed by atoms with E-state index in [1.54, 1.807) is 6.07 Å². The Morgan fingerprint density at radius 2 is 2.37 bits per heavy atom. The van der Waals surface area contributed by atoms with E-state index in [1.807, 2.05) is 7.05 Å². The van der Waals surface area contributed by atoms with E-state index in [1.165, 1.54) is 12.1 Å². The molecule has 1 unspecified atom stereocenters. The Labute approximate surface area is 118 Å². The van der Waals surface area contributed by atoms with Gasteiger partial charge in [0.25, 0.3) is 0 Å². The van der Waals surface area contributed by atoms with E-state index in [2.05, 4.69) is 4.90 Å². The Morgan fingerprint density at radius 1 is 1.58 bits per heavy atom. The zero-order chi connectivity index (χ0) is 13.8. The fourth-order valence-corrected chi connectivity index (χ4v) is 2.62. The maximum Gasteiger partial charge on any atom is 0.123 e. The molecule has 0 amide bonds. The number of nitrogens with zero attached hydrogens (tertiary/aromatic N) is 1. The highest BCUT2D eigenvalue weighted by Gasteiger charge is 2.18. The molecule has 0 aromatic heterocycles. The van der Waals surface area contributed by atoms with Crippen LogP contribution in [0.15, 0.2) is 18.2 Å². The molecular weight excluding hydrogens is 263 g/mol. The van der Waals surface area contributed by atoms with Crippen LogP contribution >= 0.6 is 12.2 Å². The minimum atomic E-state index is -0.263. The van der Waals surface area contributed by atoms with Crippen LogP contribution in [0.3, 0.4) is 0 Å². The lowest BCUT2D eigenvalue weighted by Gasteiger charge is -2.21. The lowest BCUT2D eigenvalue weighted by atomic mass is 10.1. The number of thiocarbonyl (C=S) groups is 1. The maximum atomic E-state index is 13.3. The Kier molecular flexibility index (Phi) is 4.85. The second-order valence-electron chi connectivity index (χ2n) is 5.00. The predicted octanol–water partition coefficient (Wildman–Crippen LogP) is 2.07. The average molecular weight is 282 g/mol. The molecule has 1 heterocycles. The summed E-state index contributed by atoms with van der Waals surface area (Å²) >= 11 is 5.00. The molecule has 0 saturated carbocycles. The molecule has 1 aliphatic heterocycles. The second kappa shape index (κ2) is 6.41. The molecule has 1 atom stereocenters. The van der Waals surface area contributed by atoms with Crippen LogP contribution < -0.4 is 5.73 Å². The molecule has 1 aromatic rings. The van der Waals surface area contributed by atoms with Gasteiger partial charge in [0.15, 0.2) is 0 Å². The fourth-order valence-electron chi connectivity index (χ4n) is 2.42. The summed E-state index contributed by atoms with van der Waals surface area (Å²) in [4.78, 5) is 2.42. The first-order valence-corrected chi connectivity index (χ1v) is 6.85. The van der Waals surface area contributed by atoms with Crippen molar-refractivity contribution in [2.45, 2.75) is 25.5 Å². The third kappa shape index (κ3) is 3.96. The van der Waals surface area contributed by atoms with Crippen LogP contribution in [-0.2, 0) is 11.3 Å². The first-order chi connectivity index (χ1) is 9.06. The van der Waals surface area contributed by atoms with Gasteiger partial charge in [0.1, 0.15) is 10.8 Å². The molecule has 1 aromatic carbocycles. The number of likely N-dealkylation sites (N-methyl/N-ethyl adjacent to an activating group) is 1. The fraction of sp³-hybridized carbons (Fsp3) is 0.500. The van der Waals surface area contributed by atoms with E-state index < -0.39 is 0 Å². The van der Waals surface area contributed by atoms with Gasteiger partial charge >= 0.3 is 0 Å². The summed E-state index contributed by atoms with van der Waals surface area (Å²) in [6, 6.07) is 4.53. The maximum absolute atomic E-state index is 13.3. The molecule has 3 nitrogen and oxygen atoms in total. The molecule has 1 fully saturated rings. The average Bonchev–Trinajstić information content (AvgIpc) is 2.81. The Morgan fingerprint density at radius 3 is 3.00 bits per heavy atom. The third-order valence-corrected chi connectivity index (χ3v) is 3.53. The minimum absolute atomic E-state index is 0.263. The van der Waals surface area contributed by atoms with Crippen molar-refractivity contribution < 1.29 is 9.13 Å². The van der Waals surface area contributed by atoms with Crippen molar-refractivity contribution in [2.24, 2.45) is 5.73 Å². The van der Waals surface area contributed by atoms with Crippen molar-refractivity contribution in [2.75, 3.05) is 20.2 Å². The Hall–Kier alpha value is -1.04. The number of hydrogen-bond donors (Lipinski definition) is 1. The molecule has 2 N–H and O–H groups in total. The topological polar surface area (TPSA) is 38.5 Å². The molecule has 1 aliphatic rings. The summed E-state index contributed by atoms with van der Waals surface area (Å²) in [5.74, 6) is -0.263. The van der Waals surface area contributed by atoms with Crippen molar-refractivity contribution in [3.8, 4) is 0 Å². The van der Waals surface area contributed by atoms with Crippen LogP contribution in [0, 0.1) is 5.82 Å². The summed E-state index contributed by atoms with van der Waals surface area (Å²) < 4.78 is 18.9. The van der Waals surface area contributed by atoms with Gasteiger partial charge in [-0.05, 0) is 43.7 Å². The van der Waals surface area contributed by atoms with E-state index in [9.17, 15) is 4.39 Å². The number of nitrogens with two attached hydrogens (primary N) is 1. The first kappa shape index (κ1) is 14.4. The molecule has 5 heteroatoms. The van der Waals surface area contributed by atoms with Crippen LogP contribution in [0.25, 0.3) is 0 Å². The summed E-state index contributed by atoms with van der Waals surface area (Å²) in [5.41, 5.74) is 7.24. The molecule has 2 rings (SSSR count). The lowest BCUT2D eigenvalue weighted by molar-refractivity contribution is 0.0793. The Balaban J connectivity index is 2.04. The molecule has 0 radical (unpaired) electrons. The number of hydrogen-bond acceptors (Lipinski definition) is 3. The first-order valence-electron chi connectivity index (χ1n) is 6.44. The standard InChI is InChI=1S/C14H19FN2OS/c1-17(9-12-3-2-6-18-12)8-10-7-11(15)4-5-13(10)14(16)19/h4-5,7,12H,2-3,6,8-9H2,1H3,(H2,16,19). The van der Waals surface area contributed by atoms with Crippen LogP contribution in [0.1, 0.15) is 24.0 Å². The highest BCUT2D eigenvalue weighted by atomic mass is 32.1. The Bertz CT molecular complexity index is 461. The van der Waals surface area contributed by atoms with E-state index in [0.717, 1.165) is 37.1 Å². The van der Waals surface area contributed by atoms with Crippen LogP contribution in [0.2, 0.25) is 0 Å². The van der Waals surface area contributed by atoms with Gasteiger partial charge in [0.05, 0.1) is 6.10 Å². The summed E-state index contributed by atoms with van der Waals surface area (Å²) in [7, 11) is 2.00. The summed E-state index contributed by atoms with van der Waals surface area (Å²) in [6.45, 7) is 2.30. The predicted molar refractivity (Wildman–Crippen MR) is 77.6 cm³/mol. The lowest BCUT2D eigenvalue weighted by Crippen LogP contribution is -2.29. The van der Waals surface area contributed by atoms with Gasteiger partial charge in [0, 0.05) is 25.3 Å². The van der Waals surface area contributed by atoms with Gasteiger partial charge in [-0.3, -0.25) is 4.90 Å². The van der Waals surface area contributed by atoms with Crippen molar-refractivity contribution in [1.82, 2.24) is 4.90 Å². The van der Waals surface area contributed by atoms with Crippen LogP contribution in [-0.4, -0.2) is 36.2 Å². The van der Waals surface area contributed by atoms with Crippen LogP contribution in [0.5, 0.6) is 0 Å². The van der Waals surface area contributed by atoms with Gasteiger partial charge in [-0.25, -0.2) is 4.39 Å². The summed E-state index contributed by atoms with van der Waals surface area (Å²) in [6.07, 6.45) is 2.50.